The van der Waals surface area contributed by atoms with Crippen LogP contribution in [0.3, 0.4) is 0 Å². The molecule has 1 saturated heterocycles. The van der Waals surface area contributed by atoms with E-state index in [1.165, 1.54) is 10.6 Å². The van der Waals surface area contributed by atoms with Crippen LogP contribution in [-0.4, -0.2) is 43.5 Å². The van der Waals surface area contributed by atoms with Crippen LogP contribution in [-0.2, 0) is 14.8 Å². The van der Waals surface area contributed by atoms with Crippen molar-refractivity contribution in [2.24, 2.45) is 0 Å². The van der Waals surface area contributed by atoms with Gasteiger partial charge in [0, 0.05) is 12.6 Å². The molecule has 0 aromatic rings. The number of hydrogen-bond acceptors (Lipinski definition) is 3. The SMILES string of the molecule is CS(=O)(=O)N1CCCC[C@@H]1C(=O)NC1CC1. The van der Waals surface area contributed by atoms with Gasteiger partial charge in [0.2, 0.25) is 15.9 Å². The lowest BCUT2D eigenvalue weighted by Gasteiger charge is -2.32. The van der Waals surface area contributed by atoms with Gasteiger partial charge in [-0.1, -0.05) is 6.42 Å². The molecule has 1 N–H and O–H groups in total. The quantitative estimate of drug-likeness (QED) is 0.767. The van der Waals surface area contributed by atoms with Crippen molar-refractivity contribution >= 4 is 15.9 Å². The molecular formula is C10H18N2O3S. The molecule has 0 unspecified atom stereocenters. The van der Waals surface area contributed by atoms with Crippen LogP contribution in [0.2, 0.25) is 0 Å². The van der Waals surface area contributed by atoms with E-state index in [4.69, 9.17) is 0 Å². The van der Waals surface area contributed by atoms with Crippen molar-refractivity contribution in [3.8, 4) is 0 Å². The smallest absolute Gasteiger partial charge is 0.238 e. The Kier molecular flexibility index (Phi) is 3.21. The van der Waals surface area contributed by atoms with E-state index in [9.17, 15) is 13.2 Å². The molecule has 0 aromatic carbocycles. The molecule has 92 valence electrons. The normalized spacial score (nSPS) is 27.7. The standard InChI is InChI=1S/C10H18N2O3S/c1-16(14,15)12-7-3-2-4-9(12)10(13)11-8-5-6-8/h8-9H,2-7H2,1H3,(H,11,13)/t9-/m1/s1. The zero-order chi connectivity index (χ0) is 11.8. The van der Waals surface area contributed by atoms with Crippen molar-refractivity contribution in [1.82, 2.24) is 9.62 Å². The highest BCUT2D eigenvalue weighted by Crippen LogP contribution is 2.23. The fraction of sp³-hybridized carbons (Fsp3) is 0.900. The average Bonchev–Trinajstić information content (AvgIpc) is 3.00. The Bertz CT molecular complexity index is 376. The first-order chi connectivity index (χ1) is 7.48. The molecule has 2 rings (SSSR count). The van der Waals surface area contributed by atoms with Crippen LogP contribution >= 0.6 is 0 Å². The minimum atomic E-state index is -3.26. The molecule has 0 aromatic heterocycles. The summed E-state index contributed by atoms with van der Waals surface area (Å²) in [5.41, 5.74) is 0. The van der Waals surface area contributed by atoms with Gasteiger partial charge >= 0.3 is 0 Å². The van der Waals surface area contributed by atoms with Gasteiger partial charge in [-0.05, 0) is 25.7 Å². The highest BCUT2D eigenvalue weighted by molar-refractivity contribution is 7.88. The first-order valence-corrected chi connectivity index (χ1v) is 7.60. The largest absolute Gasteiger partial charge is 0.352 e. The van der Waals surface area contributed by atoms with E-state index in [0.717, 1.165) is 25.7 Å². The van der Waals surface area contributed by atoms with E-state index in [1.54, 1.807) is 0 Å². The Balaban J connectivity index is 2.06. The molecule has 1 aliphatic heterocycles. The maximum Gasteiger partial charge on any atom is 0.238 e. The highest BCUT2D eigenvalue weighted by atomic mass is 32.2. The average molecular weight is 246 g/mol. The van der Waals surface area contributed by atoms with Crippen molar-refractivity contribution in [2.75, 3.05) is 12.8 Å². The van der Waals surface area contributed by atoms with E-state index >= 15 is 0 Å². The summed E-state index contributed by atoms with van der Waals surface area (Å²) in [6.07, 6.45) is 5.64. The fourth-order valence-electron chi connectivity index (χ4n) is 2.09. The summed E-state index contributed by atoms with van der Waals surface area (Å²) < 4.78 is 24.4. The highest BCUT2D eigenvalue weighted by Gasteiger charge is 2.36. The zero-order valence-corrected chi connectivity index (χ0v) is 10.3. The van der Waals surface area contributed by atoms with Crippen molar-refractivity contribution < 1.29 is 13.2 Å². The van der Waals surface area contributed by atoms with Crippen molar-refractivity contribution in [1.29, 1.82) is 0 Å². The monoisotopic (exact) mass is 246 g/mol. The number of nitrogens with one attached hydrogen (secondary N) is 1. The number of sulfonamides is 1. The Labute approximate surface area is 96.2 Å². The third-order valence-corrected chi connectivity index (χ3v) is 4.40. The van der Waals surface area contributed by atoms with Gasteiger partial charge < -0.3 is 5.32 Å². The van der Waals surface area contributed by atoms with Gasteiger partial charge in [0.05, 0.1) is 6.26 Å². The van der Waals surface area contributed by atoms with Crippen LogP contribution < -0.4 is 5.32 Å². The third kappa shape index (κ3) is 2.74. The van der Waals surface area contributed by atoms with E-state index in [2.05, 4.69) is 5.32 Å². The molecule has 2 fully saturated rings. The number of hydrogen-bond donors (Lipinski definition) is 1. The van der Waals surface area contributed by atoms with E-state index in [0.29, 0.717) is 13.0 Å². The number of carbonyl (C=O) groups is 1. The van der Waals surface area contributed by atoms with E-state index in [-0.39, 0.29) is 11.9 Å². The van der Waals surface area contributed by atoms with Gasteiger partial charge in [0.1, 0.15) is 6.04 Å². The van der Waals surface area contributed by atoms with Gasteiger partial charge in [-0.3, -0.25) is 4.79 Å². The molecule has 2 aliphatic rings. The molecule has 1 saturated carbocycles. The molecule has 0 bridgehead atoms. The summed E-state index contributed by atoms with van der Waals surface area (Å²) in [7, 11) is -3.26. The van der Waals surface area contributed by atoms with Crippen LogP contribution in [0.1, 0.15) is 32.1 Å². The number of nitrogens with zero attached hydrogens (tertiary/aromatic N) is 1. The third-order valence-electron chi connectivity index (χ3n) is 3.11. The molecule has 1 heterocycles. The summed E-state index contributed by atoms with van der Waals surface area (Å²) in [6, 6.07) is -0.194. The molecular weight excluding hydrogens is 228 g/mol. The summed E-state index contributed by atoms with van der Waals surface area (Å²) in [6.45, 7) is 0.474. The predicted octanol–water partition coefficient (Wildman–Crippen LogP) is 0.0791. The van der Waals surface area contributed by atoms with Crippen LogP contribution in [0.5, 0.6) is 0 Å². The maximum absolute atomic E-state index is 11.9. The number of amides is 1. The first-order valence-electron chi connectivity index (χ1n) is 5.75. The lowest BCUT2D eigenvalue weighted by molar-refractivity contribution is -0.125. The maximum atomic E-state index is 11.9. The van der Waals surface area contributed by atoms with Gasteiger partial charge in [-0.2, -0.15) is 4.31 Å². The van der Waals surface area contributed by atoms with Gasteiger partial charge in [0.15, 0.2) is 0 Å². The summed E-state index contributed by atoms with van der Waals surface area (Å²) in [5, 5.41) is 2.88. The van der Waals surface area contributed by atoms with E-state index in [1.807, 2.05) is 0 Å². The molecule has 0 radical (unpaired) electrons. The Hall–Kier alpha value is -0.620. The Morgan fingerprint density at radius 1 is 1.25 bits per heavy atom. The first kappa shape index (κ1) is 11.9. The summed E-state index contributed by atoms with van der Waals surface area (Å²) in [5.74, 6) is -0.118. The molecule has 6 heteroatoms. The molecule has 0 spiro atoms. The van der Waals surface area contributed by atoms with Crippen molar-refractivity contribution in [3.63, 3.8) is 0 Å². The topological polar surface area (TPSA) is 66.5 Å². The van der Waals surface area contributed by atoms with Gasteiger partial charge in [0.25, 0.3) is 0 Å². The fourth-order valence-corrected chi connectivity index (χ4v) is 3.21. The molecule has 16 heavy (non-hydrogen) atoms. The van der Waals surface area contributed by atoms with Crippen molar-refractivity contribution in [3.05, 3.63) is 0 Å². The van der Waals surface area contributed by atoms with Crippen LogP contribution in [0.4, 0.5) is 0 Å². The number of rotatable bonds is 3. The number of piperidine rings is 1. The second-order valence-corrected chi connectivity index (χ2v) is 6.60. The van der Waals surface area contributed by atoms with E-state index < -0.39 is 16.1 Å². The Morgan fingerprint density at radius 2 is 1.94 bits per heavy atom. The lowest BCUT2D eigenvalue weighted by atomic mass is 10.0. The molecule has 5 nitrogen and oxygen atoms in total. The molecule has 1 atom stereocenters. The van der Waals surface area contributed by atoms with Crippen LogP contribution in [0.15, 0.2) is 0 Å². The second-order valence-electron chi connectivity index (χ2n) is 4.67. The van der Waals surface area contributed by atoms with Crippen molar-refractivity contribution in [2.45, 2.75) is 44.2 Å². The minimum absolute atomic E-state index is 0.118. The second kappa shape index (κ2) is 4.33. The van der Waals surface area contributed by atoms with Crippen LogP contribution in [0.25, 0.3) is 0 Å². The van der Waals surface area contributed by atoms with Gasteiger partial charge in [-0.15, -0.1) is 0 Å². The number of carbonyl (C=O) groups excluding carboxylic acids is 1. The summed E-state index contributed by atoms with van der Waals surface area (Å²) >= 11 is 0. The van der Waals surface area contributed by atoms with Crippen LogP contribution in [0, 0.1) is 0 Å². The Morgan fingerprint density at radius 3 is 2.50 bits per heavy atom. The lowest BCUT2D eigenvalue weighted by Crippen LogP contribution is -2.51. The predicted molar refractivity (Wildman–Crippen MR) is 60.4 cm³/mol. The minimum Gasteiger partial charge on any atom is -0.352 e. The van der Waals surface area contributed by atoms with Gasteiger partial charge in [-0.25, -0.2) is 8.42 Å². The molecule has 1 amide bonds. The molecule has 1 aliphatic carbocycles. The zero-order valence-electron chi connectivity index (χ0n) is 9.48. The summed E-state index contributed by atoms with van der Waals surface area (Å²) in [4.78, 5) is 11.9.